The molecular weight excluding hydrogens is 249 g/mol. The summed E-state index contributed by atoms with van der Waals surface area (Å²) in [5, 5.41) is 9.10. The quantitative estimate of drug-likeness (QED) is 0.513. The average Bonchev–Trinajstić information content (AvgIpc) is 2.28. The van der Waals surface area contributed by atoms with Crippen LogP contribution in [0.4, 0.5) is 13.2 Å². The maximum atomic E-state index is 12.3. The van der Waals surface area contributed by atoms with Gasteiger partial charge in [-0.15, -0.1) is 0 Å². The molecule has 6 heteroatoms. The SMILES string of the molecule is CCO/C(O)=C/C(=O)c1ccc(C(F)(F)F)cc1. The normalized spacial score (nSPS) is 12.3. The molecule has 0 unspecified atom stereocenters. The highest BCUT2D eigenvalue weighted by atomic mass is 19.4. The zero-order chi connectivity index (χ0) is 13.8. The molecule has 0 atom stereocenters. The third-order valence-electron chi connectivity index (χ3n) is 2.04. The van der Waals surface area contributed by atoms with Crippen molar-refractivity contribution in [3.63, 3.8) is 0 Å². The van der Waals surface area contributed by atoms with Crippen LogP contribution in [0, 0.1) is 0 Å². The Balaban J connectivity index is 2.86. The maximum absolute atomic E-state index is 12.3. The van der Waals surface area contributed by atoms with Gasteiger partial charge in [-0.05, 0) is 19.1 Å². The van der Waals surface area contributed by atoms with Crippen LogP contribution in [0.2, 0.25) is 0 Å². The minimum atomic E-state index is -4.44. The molecule has 0 aliphatic carbocycles. The van der Waals surface area contributed by atoms with E-state index in [-0.39, 0.29) is 12.2 Å². The van der Waals surface area contributed by atoms with E-state index in [1.807, 2.05) is 0 Å². The van der Waals surface area contributed by atoms with Crippen LogP contribution < -0.4 is 0 Å². The number of hydrogen-bond acceptors (Lipinski definition) is 3. The molecule has 0 amide bonds. The molecular formula is C12H11F3O3. The number of benzene rings is 1. The number of halogens is 3. The Labute approximate surface area is 101 Å². The first-order chi connectivity index (χ1) is 8.34. The first-order valence-corrected chi connectivity index (χ1v) is 5.09. The van der Waals surface area contributed by atoms with Gasteiger partial charge in [-0.1, -0.05) is 12.1 Å². The summed E-state index contributed by atoms with van der Waals surface area (Å²) < 4.78 is 41.5. The van der Waals surface area contributed by atoms with Crippen molar-refractivity contribution in [3.05, 3.63) is 47.4 Å². The molecule has 0 spiro atoms. The average molecular weight is 260 g/mol. The second kappa shape index (κ2) is 5.57. The molecule has 1 aromatic rings. The van der Waals surface area contributed by atoms with Crippen LogP contribution in [0.1, 0.15) is 22.8 Å². The van der Waals surface area contributed by atoms with E-state index >= 15 is 0 Å². The third-order valence-corrected chi connectivity index (χ3v) is 2.04. The monoisotopic (exact) mass is 260 g/mol. The summed E-state index contributed by atoms with van der Waals surface area (Å²) in [6, 6.07) is 3.69. The molecule has 0 saturated carbocycles. The molecule has 0 aliphatic rings. The molecule has 0 heterocycles. The molecule has 0 saturated heterocycles. The number of allylic oxidation sites excluding steroid dienone is 1. The molecule has 18 heavy (non-hydrogen) atoms. The van der Waals surface area contributed by atoms with Gasteiger partial charge in [-0.3, -0.25) is 4.79 Å². The first kappa shape index (κ1) is 14.1. The predicted octanol–water partition coefficient (Wildman–Crippen LogP) is 3.32. The van der Waals surface area contributed by atoms with Gasteiger partial charge in [0.2, 0.25) is 0 Å². The van der Waals surface area contributed by atoms with E-state index in [0.29, 0.717) is 0 Å². The van der Waals surface area contributed by atoms with E-state index in [2.05, 4.69) is 4.74 Å². The zero-order valence-electron chi connectivity index (χ0n) is 9.49. The van der Waals surface area contributed by atoms with Crippen LogP contribution in [-0.2, 0) is 10.9 Å². The summed E-state index contributed by atoms with van der Waals surface area (Å²) in [5.74, 6) is -1.20. The van der Waals surface area contributed by atoms with Crippen molar-refractivity contribution in [1.29, 1.82) is 0 Å². The summed E-state index contributed by atoms with van der Waals surface area (Å²) in [6.07, 6.45) is -3.63. The Bertz CT molecular complexity index is 447. The van der Waals surface area contributed by atoms with E-state index < -0.39 is 23.5 Å². The molecule has 3 nitrogen and oxygen atoms in total. The van der Waals surface area contributed by atoms with E-state index in [1.165, 1.54) is 0 Å². The number of aliphatic hydroxyl groups excluding tert-OH is 1. The van der Waals surface area contributed by atoms with Gasteiger partial charge in [-0.2, -0.15) is 13.2 Å². The topological polar surface area (TPSA) is 46.5 Å². The van der Waals surface area contributed by atoms with Crippen molar-refractivity contribution in [2.24, 2.45) is 0 Å². The van der Waals surface area contributed by atoms with E-state index in [0.717, 1.165) is 30.3 Å². The molecule has 0 fully saturated rings. The van der Waals surface area contributed by atoms with Gasteiger partial charge in [0.15, 0.2) is 5.78 Å². The summed E-state index contributed by atoms with van der Waals surface area (Å²) in [7, 11) is 0. The maximum Gasteiger partial charge on any atom is 0.416 e. The Morgan fingerprint density at radius 1 is 1.33 bits per heavy atom. The Hall–Kier alpha value is -1.98. The van der Waals surface area contributed by atoms with E-state index in [1.54, 1.807) is 6.92 Å². The van der Waals surface area contributed by atoms with Gasteiger partial charge in [0.05, 0.1) is 18.2 Å². The van der Waals surface area contributed by atoms with Crippen LogP contribution in [0.25, 0.3) is 0 Å². The van der Waals surface area contributed by atoms with Crippen molar-refractivity contribution < 1.29 is 27.8 Å². The number of hydrogen-bond donors (Lipinski definition) is 1. The van der Waals surface area contributed by atoms with Crippen LogP contribution in [-0.4, -0.2) is 17.5 Å². The number of carbonyl (C=O) groups is 1. The predicted molar refractivity (Wildman–Crippen MR) is 58.1 cm³/mol. The zero-order valence-corrected chi connectivity index (χ0v) is 9.49. The van der Waals surface area contributed by atoms with Crippen molar-refractivity contribution >= 4 is 5.78 Å². The molecule has 0 aliphatic heterocycles. The summed E-state index contributed by atoms with van der Waals surface area (Å²) in [5.41, 5.74) is -0.800. The van der Waals surface area contributed by atoms with Crippen molar-refractivity contribution in [2.45, 2.75) is 13.1 Å². The fourth-order valence-corrected chi connectivity index (χ4v) is 1.21. The second-order valence-corrected chi connectivity index (χ2v) is 3.35. The number of rotatable bonds is 4. The summed E-state index contributed by atoms with van der Waals surface area (Å²) >= 11 is 0. The minimum Gasteiger partial charge on any atom is -0.481 e. The number of carbonyl (C=O) groups excluding carboxylic acids is 1. The van der Waals surface area contributed by atoms with Gasteiger partial charge < -0.3 is 9.84 Å². The lowest BCUT2D eigenvalue weighted by Gasteiger charge is -2.06. The van der Waals surface area contributed by atoms with Crippen LogP contribution in [0.15, 0.2) is 36.3 Å². The minimum absolute atomic E-state index is 0.0363. The Morgan fingerprint density at radius 3 is 2.33 bits per heavy atom. The number of aliphatic hydroxyl groups is 1. The van der Waals surface area contributed by atoms with Gasteiger partial charge in [0, 0.05) is 5.56 Å². The molecule has 1 aromatic carbocycles. The Morgan fingerprint density at radius 2 is 1.89 bits per heavy atom. The third kappa shape index (κ3) is 3.80. The lowest BCUT2D eigenvalue weighted by atomic mass is 10.1. The number of ether oxygens (including phenoxy) is 1. The van der Waals surface area contributed by atoms with Gasteiger partial charge in [-0.25, -0.2) is 0 Å². The molecule has 1 N–H and O–H groups in total. The Kier molecular flexibility index (Phi) is 4.36. The lowest BCUT2D eigenvalue weighted by molar-refractivity contribution is -0.137. The lowest BCUT2D eigenvalue weighted by Crippen LogP contribution is -2.05. The van der Waals surface area contributed by atoms with Gasteiger partial charge >= 0.3 is 6.18 Å². The molecule has 0 aromatic heterocycles. The highest BCUT2D eigenvalue weighted by Crippen LogP contribution is 2.29. The first-order valence-electron chi connectivity index (χ1n) is 5.09. The number of ketones is 1. The highest BCUT2D eigenvalue weighted by molar-refractivity contribution is 6.04. The van der Waals surface area contributed by atoms with Crippen LogP contribution >= 0.6 is 0 Å². The van der Waals surface area contributed by atoms with Crippen LogP contribution in [0.5, 0.6) is 0 Å². The van der Waals surface area contributed by atoms with Crippen LogP contribution in [0.3, 0.4) is 0 Å². The largest absolute Gasteiger partial charge is 0.481 e. The molecule has 0 radical (unpaired) electrons. The fraction of sp³-hybridized carbons (Fsp3) is 0.250. The summed E-state index contributed by atoms with van der Waals surface area (Å²) in [6.45, 7) is 1.80. The van der Waals surface area contributed by atoms with Gasteiger partial charge in [0.1, 0.15) is 0 Å². The van der Waals surface area contributed by atoms with Crippen molar-refractivity contribution in [3.8, 4) is 0 Å². The number of alkyl halides is 3. The summed E-state index contributed by atoms with van der Waals surface area (Å²) in [4.78, 5) is 11.5. The van der Waals surface area contributed by atoms with Crippen molar-refractivity contribution in [2.75, 3.05) is 6.61 Å². The highest BCUT2D eigenvalue weighted by Gasteiger charge is 2.30. The fourth-order valence-electron chi connectivity index (χ4n) is 1.21. The standard InChI is InChI=1S/C12H11F3O3/c1-2-18-11(17)7-10(16)8-3-5-9(6-4-8)12(13,14)15/h3-7,17H,2H2,1H3/b11-7+. The smallest absolute Gasteiger partial charge is 0.416 e. The molecule has 0 bridgehead atoms. The molecule has 98 valence electrons. The van der Waals surface area contributed by atoms with E-state index in [4.69, 9.17) is 5.11 Å². The van der Waals surface area contributed by atoms with Crippen molar-refractivity contribution in [1.82, 2.24) is 0 Å². The second-order valence-electron chi connectivity index (χ2n) is 3.35. The van der Waals surface area contributed by atoms with Gasteiger partial charge in [0.25, 0.3) is 5.95 Å². The molecule has 1 rings (SSSR count). The van der Waals surface area contributed by atoms with E-state index in [9.17, 15) is 18.0 Å².